The van der Waals surface area contributed by atoms with Crippen LogP contribution in [0, 0.1) is 12.7 Å². The average Bonchev–Trinajstić information content (AvgIpc) is 2.88. The first-order valence-electron chi connectivity index (χ1n) is 5.88. The maximum Gasteiger partial charge on any atom is 0.182 e. The van der Waals surface area contributed by atoms with Crippen LogP contribution in [0.2, 0.25) is 0 Å². The number of benzene rings is 1. The molecule has 0 aliphatic carbocycles. The van der Waals surface area contributed by atoms with Crippen molar-refractivity contribution in [3.8, 4) is 11.3 Å². The molecule has 2 aromatic heterocycles. The number of nitrogens with zero attached hydrogens (tertiary/aromatic N) is 2. The van der Waals surface area contributed by atoms with Crippen LogP contribution in [0.1, 0.15) is 5.69 Å². The van der Waals surface area contributed by atoms with Gasteiger partial charge in [-0.1, -0.05) is 12.1 Å². The summed E-state index contributed by atoms with van der Waals surface area (Å²) < 4.78 is 13.8. The van der Waals surface area contributed by atoms with Gasteiger partial charge in [-0.15, -0.1) is 11.3 Å². The number of thiazole rings is 1. The first-order chi connectivity index (χ1) is 9.19. The van der Waals surface area contributed by atoms with Crippen molar-refractivity contribution in [2.45, 2.75) is 6.92 Å². The molecule has 19 heavy (non-hydrogen) atoms. The van der Waals surface area contributed by atoms with Gasteiger partial charge in [-0.05, 0) is 19.1 Å². The van der Waals surface area contributed by atoms with Crippen molar-refractivity contribution < 1.29 is 4.39 Å². The van der Waals surface area contributed by atoms with Gasteiger partial charge in [-0.25, -0.2) is 9.37 Å². The molecule has 96 valence electrons. The number of aromatic nitrogens is 2. The van der Waals surface area contributed by atoms with Gasteiger partial charge in [0.1, 0.15) is 11.3 Å². The quantitative estimate of drug-likeness (QED) is 0.770. The zero-order chi connectivity index (χ0) is 13.4. The van der Waals surface area contributed by atoms with E-state index in [4.69, 9.17) is 0 Å². The molecule has 3 nitrogen and oxygen atoms in total. The third kappa shape index (κ3) is 2.06. The van der Waals surface area contributed by atoms with Crippen molar-refractivity contribution >= 4 is 27.4 Å². The summed E-state index contributed by atoms with van der Waals surface area (Å²) in [4.78, 5) is 8.75. The molecule has 0 unspecified atom stereocenters. The number of fused-ring (bicyclic) bond motifs is 1. The Hall–Kier alpha value is -2.01. The van der Waals surface area contributed by atoms with Crippen molar-refractivity contribution in [3.05, 3.63) is 41.2 Å². The normalized spacial score (nSPS) is 10.9. The second-order valence-corrected chi connectivity index (χ2v) is 5.09. The Morgan fingerprint density at radius 3 is 2.84 bits per heavy atom. The van der Waals surface area contributed by atoms with Crippen molar-refractivity contribution in [3.63, 3.8) is 0 Å². The summed E-state index contributed by atoms with van der Waals surface area (Å²) in [6.45, 7) is 1.86. The molecule has 0 amide bonds. The molecule has 3 rings (SSSR count). The molecule has 1 N–H and O–H groups in total. The highest BCUT2D eigenvalue weighted by Gasteiger charge is 2.12. The van der Waals surface area contributed by atoms with E-state index in [-0.39, 0.29) is 5.82 Å². The number of aryl methyl sites for hydroxylation is 1. The molecule has 0 spiro atoms. The maximum absolute atomic E-state index is 13.8. The minimum atomic E-state index is -0.300. The predicted molar refractivity (Wildman–Crippen MR) is 77.1 cm³/mol. The standard InChI is InChI=1S/C14H12FN3S/c1-8-6-10(12-7-19-14(16-2)18-12)9-4-3-5-11(15)13(9)17-8/h3-7H,1-2H3,(H,16,18). The number of rotatable bonds is 2. The monoisotopic (exact) mass is 273 g/mol. The van der Waals surface area contributed by atoms with Gasteiger partial charge in [0.25, 0.3) is 0 Å². The summed E-state index contributed by atoms with van der Waals surface area (Å²) in [6, 6.07) is 6.94. The Kier molecular flexibility index (Phi) is 2.91. The number of hydrogen-bond donors (Lipinski definition) is 1. The first-order valence-corrected chi connectivity index (χ1v) is 6.76. The average molecular weight is 273 g/mol. The molecule has 1 aromatic carbocycles. The van der Waals surface area contributed by atoms with Crippen molar-refractivity contribution in [2.75, 3.05) is 12.4 Å². The number of anilines is 1. The zero-order valence-corrected chi connectivity index (χ0v) is 11.4. The van der Waals surface area contributed by atoms with E-state index in [1.165, 1.54) is 17.4 Å². The minimum absolute atomic E-state index is 0.300. The second-order valence-electron chi connectivity index (χ2n) is 4.24. The van der Waals surface area contributed by atoms with E-state index in [2.05, 4.69) is 15.3 Å². The summed E-state index contributed by atoms with van der Waals surface area (Å²) >= 11 is 1.53. The molecule has 0 aliphatic rings. The van der Waals surface area contributed by atoms with Crippen LogP contribution < -0.4 is 5.32 Å². The van der Waals surface area contributed by atoms with Gasteiger partial charge < -0.3 is 5.32 Å². The first kappa shape index (κ1) is 12.0. The van der Waals surface area contributed by atoms with Crippen LogP contribution in [0.4, 0.5) is 9.52 Å². The van der Waals surface area contributed by atoms with E-state index in [1.54, 1.807) is 6.07 Å². The van der Waals surface area contributed by atoms with Gasteiger partial charge in [0.05, 0.1) is 5.69 Å². The van der Waals surface area contributed by atoms with Crippen molar-refractivity contribution in [1.82, 2.24) is 9.97 Å². The zero-order valence-electron chi connectivity index (χ0n) is 10.6. The largest absolute Gasteiger partial charge is 0.365 e. The van der Waals surface area contributed by atoms with Crippen LogP contribution in [-0.4, -0.2) is 17.0 Å². The second kappa shape index (κ2) is 4.59. The van der Waals surface area contributed by atoms with Gasteiger partial charge in [-0.2, -0.15) is 0 Å². The SMILES string of the molecule is CNc1nc(-c2cc(C)nc3c(F)cccc23)cs1. The highest BCUT2D eigenvalue weighted by atomic mass is 32.1. The van der Waals surface area contributed by atoms with E-state index >= 15 is 0 Å². The van der Waals surface area contributed by atoms with Gasteiger partial charge in [0.2, 0.25) is 0 Å². The number of halogens is 1. The molecule has 0 saturated heterocycles. The molecule has 0 bridgehead atoms. The lowest BCUT2D eigenvalue weighted by atomic mass is 10.1. The van der Waals surface area contributed by atoms with Crippen molar-refractivity contribution in [1.29, 1.82) is 0 Å². The van der Waals surface area contributed by atoms with Gasteiger partial charge in [0, 0.05) is 29.1 Å². The lowest BCUT2D eigenvalue weighted by Crippen LogP contribution is -1.92. The fourth-order valence-electron chi connectivity index (χ4n) is 2.07. The molecule has 0 radical (unpaired) electrons. The maximum atomic E-state index is 13.8. The van der Waals surface area contributed by atoms with Crippen LogP contribution >= 0.6 is 11.3 Å². The van der Waals surface area contributed by atoms with Gasteiger partial charge >= 0.3 is 0 Å². The van der Waals surface area contributed by atoms with E-state index in [9.17, 15) is 4.39 Å². The van der Waals surface area contributed by atoms with Crippen LogP contribution in [0.25, 0.3) is 22.2 Å². The lowest BCUT2D eigenvalue weighted by molar-refractivity contribution is 0.636. The summed E-state index contributed by atoms with van der Waals surface area (Å²) in [6.07, 6.45) is 0. The summed E-state index contributed by atoms with van der Waals surface area (Å²) in [5, 5.41) is 6.60. The Labute approximate surface area is 114 Å². The van der Waals surface area contributed by atoms with Gasteiger partial charge in [0.15, 0.2) is 5.13 Å². The molecule has 0 saturated carbocycles. The molecule has 3 aromatic rings. The number of nitrogens with one attached hydrogen (secondary N) is 1. The highest BCUT2D eigenvalue weighted by Crippen LogP contribution is 2.31. The lowest BCUT2D eigenvalue weighted by Gasteiger charge is -2.06. The van der Waals surface area contributed by atoms with Crippen LogP contribution in [0.3, 0.4) is 0 Å². The molecular formula is C14H12FN3S. The molecule has 0 fully saturated rings. The van der Waals surface area contributed by atoms with E-state index < -0.39 is 0 Å². The Morgan fingerprint density at radius 2 is 2.11 bits per heavy atom. The number of para-hydroxylation sites is 1. The molecule has 5 heteroatoms. The Balaban J connectivity index is 2.31. The Morgan fingerprint density at radius 1 is 1.26 bits per heavy atom. The van der Waals surface area contributed by atoms with E-state index in [1.807, 2.05) is 31.5 Å². The number of pyridine rings is 1. The highest BCUT2D eigenvalue weighted by molar-refractivity contribution is 7.14. The smallest absolute Gasteiger partial charge is 0.182 e. The fraction of sp³-hybridized carbons (Fsp3) is 0.143. The predicted octanol–water partition coefficient (Wildman–Crippen LogP) is 3.85. The molecular weight excluding hydrogens is 261 g/mol. The third-order valence-electron chi connectivity index (χ3n) is 2.91. The third-order valence-corrected chi connectivity index (χ3v) is 3.77. The fourth-order valence-corrected chi connectivity index (χ4v) is 2.74. The summed E-state index contributed by atoms with van der Waals surface area (Å²) in [5.74, 6) is -0.300. The topological polar surface area (TPSA) is 37.8 Å². The van der Waals surface area contributed by atoms with Gasteiger partial charge in [-0.3, -0.25) is 4.98 Å². The van der Waals surface area contributed by atoms with E-state index in [0.717, 1.165) is 27.5 Å². The van der Waals surface area contributed by atoms with E-state index in [0.29, 0.717) is 5.52 Å². The molecule has 0 aliphatic heterocycles. The molecule has 0 atom stereocenters. The molecule has 2 heterocycles. The van der Waals surface area contributed by atoms with Crippen LogP contribution in [-0.2, 0) is 0 Å². The minimum Gasteiger partial charge on any atom is -0.365 e. The summed E-state index contributed by atoms with van der Waals surface area (Å²) in [5.41, 5.74) is 2.94. The van der Waals surface area contributed by atoms with Crippen LogP contribution in [0.15, 0.2) is 29.6 Å². The van der Waals surface area contributed by atoms with Crippen LogP contribution in [0.5, 0.6) is 0 Å². The number of hydrogen-bond acceptors (Lipinski definition) is 4. The Bertz CT molecular complexity index is 752. The van der Waals surface area contributed by atoms with Crippen molar-refractivity contribution in [2.24, 2.45) is 0 Å². The summed E-state index contributed by atoms with van der Waals surface area (Å²) in [7, 11) is 1.83.